The normalized spacial score (nSPS) is 25.6. The van der Waals surface area contributed by atoms with E-state index in [0.717, 1.165) is 30.2 Å². The average molecular weight is 267 g/mol. The molecular formula is C17H21N3. The summed E-state index contributed by atoms with van der Waals surface area (Å²) in [5, 5.41) is 3.56. The average Bonchev–Trinajstić information content (AvgIpc) is 2.58. The molecule has 0 aliphatic carbocycles. The minimum atomic E-state index is 0.485. The molecule has 0 aromatic heterocycles. The second-order valence-electron chi connectivity index (χ2n) is 5.77. The van der Waals surface area contributed by atoms with Gasteiger partial charge in [0.15, 0.2) is 0 Å². The molecule has 1 aromatic carbocycles. The van der Waals surface area contributed by atoms with E-state index in [-0.39, 0.29) is 0 Å². The molecular weight excluding hydrogens is 246 g/mol. The SMILES string of the molecule is CC1=C=CC(N2CC(C)NC(C)C2)=Nc2ccccc21. The molecule has 1 fully saturated rings. The van der Waals surface area contributed by atoms with Gasteiger partial charge in [-0.25, -0.2) is 4.99 Å². The molecule has 2 aliphatic heterocycles. The van der Waals surface area contributed by atoms with Gasteiger partial charge in [-0.15, -0.1) is 5.73 Å². The summed E-state index contributed by atoms with van der Waals surface area (Å²) in [6.07, 6.45) is 2.03. The Hall–Kier alpha value is -1.83. The third-order valence-electron chi connectivity index (χ3n) is 3.84. The molecule has 0 saturated carbocycles. The highest BCUT2D eigenvalue weighted by Gasteiger charge is 2.23. The van der Waals surface area contributed by atoms with E-state index < -0.39 is 0 Å². The standard InChI is InChI=1S/C17H21N3/c1-12-8-9-17(19-16-7-5-4-6-15(12)16)20-10-13(2)18-14(3)11-20/h4-7,9,13-14,18H,10-11H2,1-3H3. The Morgan fingerprint density at radius 2 is 1.90 bits per heavy atom. The third-order valence-corrected chi connectivity index (χ3v) is 3.84. The Kier molecular flexibility index (Phi) is 3.47. The number of fused-ring (bicyclic) bond motifs is 1. The number of amidine groups is 1. The first kappa shape index (κ1) is 13.2. The maximum atomic E-state index is 4.86. The summed E-state index contributed by atoms with van der Waals surface area (Å²) in [4.78, 5) is 7.21. The van der Waals surface area contributed by atoms with Crippen LogP contribution in [0.1, 0.15) is 26.3 Å². The lowest BCUT2D eigenvalue weighted by Crippen LogP contribution is -2.55. The number of aliphatic imine (C=N–C) groups is 1. The number of hydrogen-bond donors (Lipinski definition) is 1. The van der Waals surface area contributed by atoms with Crippen LogP contribution in [0.3, 0.4) is 0 Å². The van der Waals surface area contributed by atoms with Crippen molar-refractivity contribution in [3.05, 3.63) is 41.6 Å². The van der Waals surface area contributed by atoms with Crippen LogP contribution in [0.25, 0.3) is 5.57 Å². The van der Waals surface area contributed by atoms with Crippen LogP contribution >= 0.6 is 0 Å². The first-order chi connectivity index (χ1) is 9.63. The van der Waals surface area contributed by atoms with Crippen molar-refractivity contribution in [2.45, 2.75) is 32.9 Å². The van der Waals surface area contributed by atoms with Crippen molar-refractivity contribution in [2.75, 3.05) is 13.1 Å². The summed E-state index contributed by atoms with van der Waals surface area (Å²) in [6, 6.07) is 9.26. The van der Waals surface area contributed by atoms with E-state index in [1.54, 1.807) is 0 Å². The molecule has 1 N–H and O–H groups in total. The quantitative estimate of drug-likeness (QED) is 0.732. The molecule has 0 amide bonds. The zero-order chi connectivity index (χ0) is 14.1. The molecule has 2 aliphatic rings. The lowest BCUT2D eigenvalue weighted by atomic mass is 10.1. The van der Waals surface area contributed by atoms with Crippen LogP contribution in [0.15, 0.2) is 41.1 Å². The van der Waals surface area contributed by atoms with E-state index in [1.165, 1.54) is 5.56 Å². The van der Waals surface area contributed by atoms with E-state index in [1.807, 2.05) is 12.1 Å². The van der Waals surface area contributed by atoms with Crippen molar-refractivity contribution in [1.29, 1.82) is 0 Å². The number of nitrogens with one attached hydrogen (secondary N) is 1. The van der Waals surface area contributed by atoms with Crippen molar-refractivity contribution in [1.82, 2.24) is 10.2 Å². The Labute approximate surface area is 120 Å². The van der Waals surface area contributed by atoms with Crippen LogP contribution < -0.4 is 5.32 Å². The molecule has 0 bridgehead atoms. The van der Waals surface area contributed by atoms with Crippen LogP contribution in [0.4, 0.5) is 5.69 Å². The molecule has 3 rings (SSSR count). The molecule has 0 spiro atoms. The highest BCUT2D eigenvalue weighted by Crippen LogP contribution is 2.28. The van der Waals surface area contributed by atoms with Gasteiger partial charge in [0.05, 0.1) is 5.69 Å². The third kappa shape index (κ3) is 2.55. The summed E-state index contributed by atoms with van der Waals surface area (Å²) in [5.41, 5.74) is 6.74. The van der Waals surface area contributed by atoms with Crippen molar-refractivity contribution in [3.8, 4) is 0 Å². The minimum absolute atomic E-state index is 0.485. The van der Waals surface area contributed by atoms with Gasteiger partial charge in [-0.05, 0) is 26.8 Å². The van der Waals surface area contributed by atoms with E-state index in [0.29, 0.717) is 12.1 Å². The minimum Gasteiger partial charge on any atom is -0.353 e. The maximum absolute atomic E-state index is 4.86. The molecule has 2 atom stereocenters. The molecule has 20 heavy (non-hydrogen) atoms. The van der Waals surface area contributed by atoms with E-state index >= 15 is 0 Å². The van der Waals surface area contributed by atoms with Crippen LogP contribution in [0, 0.1) is 0 Å². The van der Waals surface area contributed by atoms with Gasteiger partial charge in [0.25, 0.3) is 0 Å². The summed E-state index contributed by atoms with van der Waals surface area (Å²) in [5.74, 6) is 1.02. The highest BCUT2D eigenvalue weighted by molar-refractivity contribution is 5.98. The Morgan fingerprint density at radius 1 is 1.20 bits per heavy atom. The molecule has 104 valence electrons. The van der Waals surface area contributed by atoms with Gasteiger partial charge in [-0.3, -0.25) is 0 Å². The topological polar surface area (TPSA) is 27.6 Å². The van der Waals surface area contributed by atoms with Gasteiger partial charge in [-0.1, -0.05) is 18.2 Å². The fourth-order valence-corrected chi connectivity index (χ4v) is 2.97. The van der Waals surface area contributed by atoms with Gasteiger partial charge in [0, 0.05) is 42.4 Å². The molecule has 2 unspecified atom stereocenters. The van der Waals surface area contributed by atoms with Gasteiger partial charge in [0.2, 0.25) is 0 Å². The Morgan fingerprint density at radius 3 is 2.65 bits per heavy atom. The van der Waals surface area contributed by atoms with Crippen LogP contribution in [0.2, 0.25) is 0 Å². The lowest BCUT2D eigenvalue weighted by molar-refractivity contribution is 0.256. The lowest BCUT2D eigenvalue weighted by Gasteiger charge is -2.37. The second kappa shape index (κ2) is 5.28. The van der Waals surface area contributed by atoms with Gasteiger partial charge in [0.1, 0.15) is 5.84 Å². The fraction of sp³-hybridized carbons (Fsp3) is 0.412. The number of benzene rings is 1. The second-order valence-corrected chi connectivity index (χ2v) is 5.77. The van der Waals surface area contributed by atoms with Crippen LogP contribution in [0.5, 0.6) is 0 Å². The van der Waals surface area contributed by atoms with Crippen LogP contribution in [-0.4, -0.2) is 35.9 Å². The van der Waals surface area contributed by atoms with E-state index in [4.69, 9.17) is 4.99 Å². The first-order valence-corrected chi connectivity index (χ1v) is 7.26. The molecule has 3 nitrogen and oxygen atoms in total. The predicted octanol–water partition coefficient (Wildman–Crippen LogP) is 2.97. The van der Waals surface area contributed by atoms with Gasteiger partial charge < -0.3 is 10.2 Å². The summed E-state index contributed by atoms with van der Waals surface area (Å²) < 4.78 is 0. The van der Waals surface area contributed by atoms with Crippen molar-refractivity contribution < 1.29 is 0 Å². The Bertz CT molecular complexity index is 598. The Balaban J connectivity index is 1.99. The zero-order valence-corrected chi connectivity index (χ0v) is 12.4. The molecule has 3 heteroatoms. The number of nitrogens with zero attached hydrogens (tertiary/aromatic N) is 2. The highest BCUT2D eigenvalue weighted by atomic mass is 15.3. The molecule has 1 aromatic rings. The van der Waals surface area contributed by atoms with Gasteiger partial charge in [-0.2, -0.15) is 0 Å². The summed E-state index contributed by atoms with van der Waals surface area (Å²) in [6.45, 7) is 8.51. The number of piperazine rings is 1. The summed E-state index contributed by atoms with van der Waals surface area (Å²) in [7, 11) is 0. The first-order valence-electron chi connectivity index (χ1n) is 7.26. The van der Waals surface area contributed by atoms with Crippen molar-refractivity contribution >= 4 is 17.1 Å². The largest absolute Gasteiger partial charge is 0.353 e. The summed E-state index contributed by atoms with van der Waals surface area (Å²) >= 11 is 0. The fourth-order valence-electron chi connectivity index (χ4n) is 2.97. The van der Waals surface area contributed by atoms with Gasteiger partial charge >= 0.3 is 0 Å². The predicted molar refractivity (Wildman–Crippen MR) is 84.3 cm³/mol. The zero-order valence-electron chi connectivity index (χ0n) is 12.4. The van der Waals surface area contributed by atoms with Crippen molar-refractivity contribution in [3.63, 3.8) is 0 Å². The van der Waals surface area contributed by atoms with E-state index in [9.17, 15) is 0 Å². The smallest absolute Gasteiger partial charge is 0.137 e. The monoisotopic (exact) mass is 267 g/mol. The molecule has 0 radical (unpaired) electrons. The number of hydrogen-bond acceptors (Lipinski definition) is 3. The number of rotatable bonds is 0. The van der Waals surface area contributed by atoms with Crippen LogP contribution in [-0.2, 0) is 0 Å². The molecule has 1 saturated heterocycles. The molecule has 2 heterocycles. The van der Waals surface area contributed by atoms with Crippen molar-refractivity contribution in [2.24, 2.45) is 4.99 Å². The number of para-hydroxylation sites is 1. The van der Waals surface area contributed by atoms with E-state index in [2.05, 4.69) is 54.9 Å². The maximum Gasteiger partial charge on any atom is 0.137 e.